The number of imide groups is 1. The molecule has 5 nitrogen and oxygen atoms in total. The molecule has 0 spiro atoms. The van der Waals surface area contributed by atoms with Gasteiger partial charge in [-0.05, 0) is 18.9 Å². The van der Waals surface area contributed by atoms with Crippen molar-refractivity contribution in [1.29, 1.82) is 0 Å². The Bertz CT molecular complexity index is 487. The number of carbonyl (C=O) groups excluding carboxylic acids is 2. The Morgan fingerprint density at radius 2 is 2.16 bits per heavy atom. The highest BCUT2D eigenvalue weighted by atomic mass is 16.3. The molecule has 0 aromatic heterocycles. The molecule has 1 aromatic carbocycles. The van der Waals surface area contributed by atoms with Gasteiger partial charge in [0, 0.05) is 18.0 Å². The number of piperidine rings is 1. The van der Waals surface area contributed by atoms with E-state index in [-0.39, 0.29) is 29.6 Å². The quantitative estimate of drug-likeness (QED) is 0.713. The Balaban J connectivity index is 2.10. The summed E-state index contributed by atoms with van der Waals surface area (Å²) in [6, 6.07) is 6.58. The van der Waals surface area contributed by atoms with E-state index in [1.807, 2.05) is 19.1 Å². The molecule has 3 N–H and O–H groups in total. The number of rotatable bonds is 4. The SMILES string of the molecule is CCC(NC1CCC(=O)NC1=O)c1ccccc1O. The maximum atomic E-state index is 11.7. The van der Waals surface area contributed by atoms with E-state index in [1.54, 1.807) is 12.1 Å². The topological polar surface area (TPSA) is 78.4 Å². The fourth-order valence-electron chi connectivity index (χ4n) is 2.31. The molecule has 2 rings (SSSR count). The van der Waals surface area contributed by atoms with Crippen molar-refractivity contribution >= 4 is 11.8 Å². The van der Waals surface area contributed by atoms with Crippen molar-refractivity contribution in [3.8, 4) is 5.75 Å². The second-order valence-corrected chi connectivity index (χ2v) is 4.69. The molecule has 0 aliphatic carbocycles. The summed E-state index contributed by atoms with van der Waals surface area (Å²) in [5.74, 6) is -0.294. The van der Waals surface area contributed by atoms with E-state index in [1.165, 1.54) is 0 Å². The highest BCUT2D eigenvalue weighted by Crippen LogP contribution is 2.26. The molecule has 1 heterocycles. The first-order chi connectivity index (χ1) is 9.11. The van der Waals surface area contributed by atoms with E-state index in [0.29, 0.717) is 12.8 Å². The number of hydrogen-bond acceptors (Lipinski definition) is 4. The van der Waals surface area contributed by atoms with E-state index < -0.39 is 0 Å². The number of hydrogen-bond donors (Lipinski definition) is 3. The predicted molar refractivity (Wildman–Crippen MR) is 70.4 cm³/mol. The Labute approximate surface area is 112 Å². The normalized spacial score (nSPS) is 21.0. The molecule has 1 aromatic rings. The molecule has 1 saturated heterocycles. The Morgan fingerprint density at radius 3 is 2.79 bits per heavy atom. The van der Waals surface area contributed by atoms with Gasteiger partial charge < -0.3 is 5.11 Å². The fourth-order valence-corrected chi connectivity index (χ4v) is 2.31. The van der Waals surface area contributed by atoms with E-state index >= 15 is 0 Å². The van der Waals surface area contributed by atoms with Gasteiger partial charge in [0.05, 0.1) is 6.04 Å². The van der Waals surface area contributed by atoms with Gasteiger partial charge in [0.15, 0.2) is 0 Å². The summed E-state index contributed by atoms with van der Waals surface area (Å²) in [6.45, 7) is 1.98. The van der Waals surface area contributed by atoms with Gasteiger partial charge in [0.2, 0.25) is 11.8 Å². The minimum absolute atomic E-state index is 0.106. The van der Waals surface area contributed by atoms with Crippen molar-refractivity contribution in [3.05, 3.63) is 29.8 Å². The largest absolute Gasteiger partial charge is 0.508 e. The van der Waals surface area contributed by atoms with Gasteiger partial charge in [-0.15, -0.1) is 0 Å². The first kappa shape index (κ1) is 13.5. The van der Waals surface area contributed by atoms with E-state index in [9.17, 15) is 14.7 Å². The van der Waals surface area contributed by atoms with Crippen molar-refractivity contribution in [1.82, 2.24) is 10.6 Å². The maximum Gasteiger partial charge on any atom is 0.243 e. The molecule has 2 unspecified atom stereocenters. The lowest BCUT2D eigenvalue weighted by atomic mass is 9.99. The molecular formula is C14H18N2O3. The number of carbonyl (C=O) groups is 2. The van der Waals surface area contributed by atoms with Crippen LogP contribution in [0.1, 0.15) is 37.8 Å². The van der Waals surface area contributed by atoms with Gasteiger partial charge in [-0.3, -0.25) is 20.2 Å². The number of nitrogens with one attached hydrogen (secondary N) is 2. The number of amides is 2. The second-order valence-electron chi connectivity index (χ2n) is 4.69. The summed E-state index contributed by atoms with van der Waals surface area (Å²) in [5.41, 5.74) is 0.773. The molecular weight excluding hydrogens is 244 g/mol. The average molecular weight is 262 g/mol. The van der Waals surface area contributed by atoms with Gasteiger partial charge in [-0.2, -0.15) is 0 Å². The van der Waals surface area contributed by atoms with Crippen LogP contribution in [0.2, 0.25) is 0 Å². The second kappa shape index (κ2) is 5.84. The summed E-state index contributed by atoms with van der Waals surface area (Å²) >= 11 is 0. The molecule has 2 amide bonds. The summed E-state index contributed by atoms with van der Waals surface area (Å²) < 4.78 is 0. The molecule has 5 heteroatoms. The zero-order valence-electron chi connectivity index (χ0n) is 10.8. The van der Waals surface area contributed by atoms with Crippen molar-refractivity contribution in [2.75, 3.05) is 0 Å². The van der Waals surface area contributed by atoms with Gasteiger partial charge in [-0.25, -0.2) is 0 Å². The molecule has 0 radical (unpaired) electrons. The predicted octanol–water partition coefficient (Wildman–Crippen LogP) is 1.24. The van der Waals surface area contributed by atoms with Gasteiger partial charge >= 0.3 is 0 Å². The first-order valence-corrected chi connectivity index (χ1v) is 6.49. The monoisotopic (exact) mass is 262 g/mol. The molecule has 19 heavy (non-hydrogen) atoms. The lowest BCUT2D eigenvalue weighted by Gasteiger charge is -2.27. The molecule has 0 saturated carbocycles. The van der Waals surface area contributed by atoms with Crippen LogP contribution in [0, 0.1) is 0 Å². The minimum atomic E-state index is -0.387. The van der Waals surface area contributed by atoms with Crippen LogP contribution in [-0.4, -0.2) is 23.0 Å². The average Bonchev–Trinajstić information content (AvgIpc) is 2.39. The van der Waals surface area contributed by atoms with Crippen LogP contribution in [0.25, 0.3) is 0 Å². The Kier molecular flexibility index (Phi) is 4.16. The van der Waals surface area contributed by atoms with Crippen LogP contribution in [0.4, 0.5) is 0 Å². The van der Waals surface area contributed by atoms with Crippen LogP contribution in [0.3, 0.4) is 0 Å². The van der Waals surface area contributed by atoms with Gasteiger partial charge in [-0.1, -0.05) is 25.1 Å². The molecule has 102 valence electrons. The molecule has 1 aliphatic heterocycles. The highest BCUT2D eigenvalue weighted by Gasteiger charge is 2.28. The van der Waals surface area contributed by atoms with E-state index in [0.717, 1.165) is 12.0 Å². The van der Waals surface area contributed by atoms with Crippen molar-refractivity contribution < 1.29 is 14.7 Å². The summed E-state index contributed by atoms with van der Waals surface area (Å²) in [5, 5.41) is 15.4. The van der Waals surface area contributed by atoms with Crippen LogP contribution in [0.15, 0.2) is 24.3 Å². The maximum absolute atomic E-state index is 11.7. The summed E-state index contributed by atoms with van der Waals surface area (Å²) in [6.07, 6.45) is 1.59. The smallest absolute Gasteiger partial charge is 0.243 e. The zero-order chi connectivity index (χ0) is 13.8. The Hall–Kier alpha value is -1.88. The minimum Gasteiger partial charge on any atom is -0.508 e. The third-order valence-corrected chi connectivity index (χ3v) is 3.36. The number of phenols is 1. The lowest BCUT2D eigenvalue weighted by molar-refractivity contribution is -0.134. The van der Waals surface area contributed by atoms with Crippen LogP contribution in [-0.2, 0) is 9.59 Å². The van der Waals surface area contributed by atoms with Crippen molar-refractivity contribution in [2.45, 2.75) is 38.3 Å². The van der Waals surface area contributed by atoms with Crippen LogP contribution >= 0.6 is 0 Å². The number of phenolic OH excluding ortho intramolecular Hbond substituents is 1. The van der Waals surface area contributed by atoms with E-state index in [2.05, 4.69) is 10.6 Å². The van der Waals surface area contributed by atoms with Gasteiger partial charge in [0.1, 0.15) is 5.75 Å². The molecule has 0 bridgehead atoms. The van der Waals surface area contributed by atoms with Crippen LogP contribution < -0.4 is 10.6 Å². The third-order valence-electron chi connectivity index (χ3n) is 3.36. The highest BCUT2D eigenvalue weighted by molar-refractivity contribution is 6.00. The number of benzene rings is 1. The molecule has 1 aliphatic rings. The van der Waals surface area contributed by atoms with Gasteiger partial charge in [0.25, 0.3) is 0 Å². The van der Waals surface area contributed by atoms with Crippen molar-refractivity contribution in [2.24, 2.45) is 0 Å². The molecule has 1 fully saturated rings. The summed E-state index contributed by atoms with van der Waals surface area (Å²) in [4.78, 5) is 22.8. The van der Waals surface area contributed by atoms with E-state index in [4.69, 9.17) is 0 Å². The Morgan fingerprint density at radius 1 is 1.42 bits per heavy atom. The van der Waals surface area contributed by atoms with Crippen LogP contribution in [0.5, 0.6) is 5.75 Å². The van der Waals surface area contributed by atoms with Crippen molar-refractivity contribution in [3.63, 3.8) is 0 Å². The standard InChI is InChI=1S/C14H18N2O3/c1-2-10(9-5-3-4-6-12(9)17)15-11-7-8-13(18)16-14(11)19/h3-6,10-11,15,17H,2,7-8H2,1H3,(H,16,18,19). The molecule has 2 atom stereocenters. The number of para-hydroxylation sites is 1. The fraction of sp³-hybridized carbons (Fsp3) is 0.429. The third kappa shape index (κ3) is 3.12. The zero-order valence-corrected chi connectivity index (χ0v) is 10.8. The lowest BCUT2D eigenvalue weighted by Crippen LogP contribution is -2.51. The number of aromatic hydroxyl groups is 1. The first-order valence-electron chi connectivity index (χ1n) is 6.49. The summed E-state index contributed by atoms with van der Waals surface area (Å²) in [7, 11) is 0.